The van der Waals surface area contributed by atoms with Crippen LogP contribution in [0.4, 0.5) is 0 Å². The third-order valence-electron chi connectivity index (χ3n) is 3.99. The van der Waals surface area contributed by atoms with Gasteiger partial charge in [-0.25, -0.2) is 0 Å². The summed E-state index contributed by atoms with van der Waals surface area (Å²) >= 11 is 13.2. The maximum absolute atomic E-state index is 3.30. The number of rotatable bonds is 0. The summed E-state index contributed by atoms with van der Waals surface area (Å²) in [6.45, 7) is 0. The number of hydrogen-bond donors (Lipinski definition) is 0. The molecule has 0 nitrogen and oxygen atoms in total. The summed E-state index contributed by atoms with van der Waals surface area (Å²) in [6, 6.07) is 17.1. The summed E-state index contributed by atoms with van der Waals surface area (Å²) in [5.74, 6) is 0. The Kier molecular flexibility index (Phi) is 3.94. The molecule has 2 aliphatic carbocycles. The fourth-order valence-corrected chi connectivity index (χ4v) is 6.82. The van der Waals surface area contributed by atoms with Crippen LogP contribution in [-0.2, 0) is 0 Å². The Morgan fingerprint density at radius 3 is 0.864 bits per heavy atom. The summed E-state index contributed by atoms with van der Waals surface area (Å²) in [7, 11) is 0. The Bertz CT molecular complexity index is 1140. The summed E-state index contributed by atoms with van der Waals surface area (Å²) in [4.78, 5) is 0. The van der Waals surface area contributed by atoms with Gasteiger partial charge in [0.1, 0.15) is 0 Å². The van der Waals surface area contributed by atoms with Crippen LogP contribution < -0.4 is 0 Å². The van der Waals surface area contributed by atoms with E-state index in [4.69, 9.17) is 0 Å². The molecule has 0 fully saturated rings. The van der Waals surface area contributed by atoms with Crippen molar-refractivity contribution in [3.63, 3.8) is 0 Å². The van der Waals surface area contributed by atoms with E-state index in [0.29, 0.717) is 0 Å². The topological polar surface area (TPSA) is 0 Å². The van der Waals surface area contributed by atoms with E-state index in [1.165, 1.54) is 48.2 Å². The predicted octanol–water partition coefficient (Wildman–Crippen LogP) is 2.40. The Morgan fingerprint density at radius 2 is 0.636 bits per heavy atom. The van der Waals surface area contributed by atoms with Gasteiger partial charge in [0.05, 0.1) is 0 Å². The zero-order valence-electron chi connectivity index (χ0n) is 11.3. The van der Waals surface area contributed by atoms with Crippen LogP contribution in [-0.4, -0.2) is 62.3 Å². The van der Waals surface area contributed by atoms with Crippen LogP contribution in [0.15, 0.2) is 48.5 Å². The van der Waals surface area contributed by atoms with Gasteiger partial charge in [0.2, 0.25) is 0 Å². The van der Waals surface area contributed by atoms with Crippen LogP contribution in [0.5, 0.6) is 0 Å². The first-order chi connectivity index (χ1) is 10.6. The van der Waals surface area contributed by atoms with Crippen molar-refractivity contribution in [3.8, 4) is 0 Å². The van der Waals surface area contributed by atoms with Crippen LogP contribution in [0.1, 0.15) is 0 Å². The Labute approximate surface area is 158 Å². The molecule has 0 aliphatic heterocycles. The average Bonchev–Trinajstić information content (AvgIpc) is 2.56. The second kappa shape index (κ2) is 5.67. The molecular formula is C18H8Se4. The van der Waals surface area contributed by atoms with E-state index in [-0.39, 0.29) is 0 Å². The molecule has 0 aromatic heterocycles. The van der Waals surface area contributed by atoms with E-state index < -0.39 is 0 Å². The van der Waals surface area contributed by atoms with Gasteiger partial charge in [-0.15, -0.1) is 0 Å². The molecule has 0 unspecified atom stereocenters. The molecule has 0 amide bonds. The second-order valence-corrected chi connectivity index (χ2v) is 8.58. The van der Waals surface area contributed by atoms with E-state index >= 15 is 0 Å². The molecule has 0 N–H and O–H groups in total. The SMILES string of the molecule is [Se]=c1c2c(=[Se])c3ccccc3c(=[Se])c=2c(=[Se])c2ccccc12. The third-order valence-corrected chi connectivity index (χ3v) is 7.55. The monoisotopic (exact) mass is 544 g/mol. The molecule has 0 saturated heterocycles. The van der Waals surface area contributed by atoms with Crippen molar-refractivity contribution in [1.82, 2.24) is 0 Å². The number of benzene rings is 2. The average molecular weight is 540 g/mol. The first-order valence-electron chi connectivity index (χ1n) is 6.72. The maximum atomic E-state index is 3.30. The molecule has 0 atom stereocenters. The van der Waals surface area contributed by atoms with Crippen LogP contribution in [0.3, 0.4) is 0 Å². The van der Waals surface area contributed by atoms with Gasteiger partial charge < -0.3 is 0 Å². The van der Waals surface area contributed by atoms with Crippen molar-refractivity contribution < 1.29 is 0 Å². The molecule has 0 saturated carbocycles. The van der Waals surface area contributed by atoms with Gasteiger partial charge in [-0.3, -0.25) is 0 Å². The second-order valence-electron chi connectivity index (χ2n) is 5.16. The fraction of sp³-hybridized carbons (Fsp3) is 0. The third kappa shape index (κ3) is 2.08. The molecule has 2 aliphatic rings. The van der Waals surface area contributed by atoms with Gasteiger partial charge in [-0.05, 0) is 0 Å². The van der Waals surface area contributed by atoms with Gasteiger partial charge >= 0.3 is 159 Å². The molecule has 2 aromatic carbocycles. The summed E-state index contributed by atoms with van der Waals surface area (Å²) in [6.07, 6.45) is 0. The van der Waals surface area contributed by atoms with Crippen molar-refractivity contribution in [3.05, 3.63) is 75.2 Å². The Hall–Kier alpha value is -0.262. The number of hydrogen-bond acceptors (Lipinski definition) is 0. The van der Waals surface area contributed by atoms with Crippen molar-refractivity contribution in [2.75, 3.05) is 0 Å². The summed E-state index contributed by atoms with van der Waals surface area (Å²) in [5, 5.41) is 7.56. The van der Waals surface area contributed by atoms with Crippen molar-refractivity contribution >= 4 is 83.8 Å². The molecule has 2 aromatic rings. The van der Waals surface area contributed by atoms with Crippen LogP contribution >= 0.6 is 0 Å². The van der Waals surface area contributed by atoms with E-state index in [9.17, 15) is 0 Å². The molecule has 104 valence electrons. The van der Waals surface area contributed by atoms with E-state index in [1.54, 1.807) is 0 Å². The molecule has 4 rings (SSSR count). The van der Waals surface area contributed by atoms with Gasteiger partial charge in [0.25, 0.3) is 0 Å². The van der Waals surface area contributed by atoms with Crippen molar-refractivity contribution in [2.45, 2.75) is 0 Å². The zero-order chi connectivity index (χ0) is 15.4. The standard InChI is InChI=1S/C18H8Se4/c19-15-9-5-1-2-6-10(9)16(20)14-13(15)17(21)11-7-3-4-8-12(11)18(14)22/h1-8H. The molecule has 22 heavy (non-hydrogen) atoms. The normalized spacial score (nSPS) is 11.5. The van der Waals surface area contributed by atoms with Crippen LogP contribution in [0.25, 0.3) is 21.5 Å². The van der Waals surface area contributed by atoms with Crippen molar-refractivity contribution in [2.24, 2.45) is 0 Å². The van der Waals surface area contributed by atoms with E-state index in [1.807, 2.05) is 0 Å². The van der Waals surface area contributed by atoms with Gasteiger partial charge in [0, 0.05) is 0 Å². The van der Waals surface area contributed by atoms with Crippen molar-refractivity contribution in [1.29, 1.82) is 0 Å². The fourth-order valence-electron chi connectivity index (χ4n) is 2.96. The molecule has 4 heteroatoms. The molecule has 0 spiro atoms. The predicted molar refractivity (Wildman–Crippen MR) is 95.1 cm³/mol. The van der Waals surface area contributed by atoms with E-state index in [2.05, 4.69) is 111 Å². The Balaban J connectivity index is 2.63. The Morgan fingerprint density at radius 1 is 0.409 bits per heavy atom. The minimum atomic E-state index is 1.21. The molecule has 0 bridgehead atoms. The minimum absolute atomic E-state index is 1.21. The quantitative estimate of drug-likeness (QED) is 0.301. The molecule has 0 radical (unpaired) electrons. The number of fused-ring (bicyclic) bond motifs is 2. The molecule has 0 heterocycles. The van der Waals surface area contributed by atoms with Gasteiger partial charge in [0.15, 0.2) is 0 Å². The van der Waals surface area contributed by atoms with Crippen LogP contribution in [0.2, 0.25) is 0 Å². The first kappa shape index (κ1) is 15.3. The van der Waals surface area contributed by atoms with E-state index in [0.717, 1.165) is 0 Å². The summed E-state index contributed by atoms with van der Waals surface area (Å²) in [5.41, 5.74) is 0. The summed E-state index contributed by atoms with van der Waals surface area (Å²) < 4.78 is 4.84. The van der Waals surface area contributed by atoms with Gasteiger partial charge in [-0.1, -0.05) is 0 Å². The van der Waals surface area contributed by atoms with Gasteiger partial charge in [-0.2, -0.15) is 0 Å². The zero-order valence-corrected chi connectivity index (χ0v) is 18.1. The van der Waals surface area contributed by atoms with Crippen LogP contribution in [0, 0.1) is 26.7 Å². The molecular weight excluding hydrogens is 532 g/mol. The first-order valence-corrected chi connectivity index (χ1v) is 10.1.